The fourth-order valence-corrected chi connectivity index (χ4v) is 4.37. The molecule has 23 heavy (non-hydrogen) atoms. The largest absolute Gasteiger partial charge is 0.505 e. The lowest BCUT2D eigenvalue weighted by Gasteiger charge is -2.09. The van der Waals surface area contributed by atoms with Crippen LogP contribution in [0.5, 0.6) is 5.75 Å². The maximum absolute atomic E-state index is 12.5. The summed E-state index contributed by atoms with van der Waals surface area (Å²) < 4.78 is 30.1. The van der Waals surface area contributed by atoms with Crippen LogP contribution in [0.4, 0.5) is 0 Å². The maximum atomic E-state index is 12.5. The number of rotatable bonds is 3. The Kier molecular flexibility index (Phi) is 4.33. The number of hydrogen-bond acceptors (Lipinski definition) is 5. The summed E-state index contributed by atoms with van der Waals surface area (Å²) in [7, 11) is -4.75. The Balaban J connectivity index is 1.95. The van der Waals surface area contributed by atoms with E-state index >= 15 is 0 Å². The third-order valence-electron chi connectivity index (χ3n) is 3.58. The number of sulfone groups is 1. The molecule has 0 saturated carbocycles. The molecular weight excluding hydrogens is 362 g/mol. The number of benzene rings is 2. The number of phenols is 1. The summed E-state index contributed by atoms with van der Waals surface area (Å²) in [6.45, 7) is 0.298. The maximum Gasteiger partial charge on any atom is 0.491 e. The van der Waals surface area contributed by atoms with Crippen LogP contribution < -0.4 is 5.46 Å². The first-order chi connectivity index (χ1) is 10.8. The van der Waals surface area contributed by atoms with Crippen LogP contribution in [-0.4, -0.2) is 25.7 Å². The molecule has 0 spiro atoms. The van der Waals surface area contributed by atoms with E-state index in [1.54, 1.807) is 18.2 Å². The third kappa shape index (κ3) is 3.20. The molecule has 0 saturated heterocycles. The molecule has 120 valence electrons. The quantitative estimate of drug-likeness (QED) is 0.804. The van der Waals surface area contributed by atoms with Crippen LogP contribution >= 0.6 is 23.2 Å². The van der Waals surface area contributed by atoms with Crippen molar-refractivity contribution in [3.8, 4) is 5.75 Å². The van der Waals surface area contributed by atoms with Gasteiger partial charge in [-0.2, -0.15) is 0 Å². The van der Waals surface area contributed by atoms with Gasteiger partial charge in [-0.15, -0.1) is 0 Å². The van der Waals surface area contributed by atoms with Crippen molar-refractivity contribution in [3.63, 3.8) is 0 Å². The van der Waals surface area contributed by atoms with Crippen molar-refractivity contribution < 1.29 is 23.2 Å². The Morgan fingerprint density at radius 2 is 1.83 bits per heavy atom. The van der Waals surface area contributed by atoms with Crippen LogP contribution in [-0.2, 0) is 26.9 Å². The summed E-state index contributed by atoms with van der Waals surface area (Å²) in [4.78, 5) is -0.0809. The topological polar surface area (TPSA) is 83.8 Å². The SMILES string of the molecule is O=S(=O)(Cc1ccc2c(c1)B(O)OC2)c1cc(Cl)c(O)c(Cl)c1. The fourth-order valence-electron chi connectivity index (χ4n) is 2.38. The lowest BCUT2D eigenvalue weighted by atomic mass is 9.79. The van der Waals surface area contributed by atoms with Crippen molar-refractivity contribution in [2.45, 2.75) is 17.3 Å². The molecule has 1 heterocycles. The molecule has 0 amide bonds. The van der Waals surface area contributed by atoms with Crippen LogP contribution in [0.25, 0.3) is 0 Å². The molecule has 2 N–H and O–H groups in total. The Hall–Kier alpha value is -1.25. The summed E-state index contributed by atoms with van der Waals surface area (Å²) in [5.74, 6) is -0.644. The molecule has 0 bridgehead atoms. The van der Waals surface area contributed by atoms with Gasteiger partial charge < -0.3 is 14.8 Å². The van der Waals surface area contributed by atoms with Gasteiger partial charge in [-0.05, 0) is 28.7 Å². The zero-order chi connectivity index (χ0) is 16.8. The van der Waals surface area contributed by atoms with Gasteiger partial charge in [0.2, 0.25) is 0 Å². The summed E-state index contributed by atoms with van der Waals surface area (Å²) in [6, 6.07) is 7.32. The molecule has 0 aromatic heterocycles. The molecule has 1 aliphatic heterocycles. The van der Waals surface area contributed by atoms with Crippen LogP contribution in [0, 0.1) is 0 Å². The lowest BCUT2D eigenvalue weighted by Crippen LogP contribution is -2.28. The van der Waals surface area contributed by atoms with Crippen LogP contribution in [0.2, 0.25) is 10.0 Å². The van der Waals surface area contributed by atoms with E-state index < -0.39 is 17.0 Å². The van der Waals surface area contributed by atoms with Gasteiger partial charge in [0.05, 0.1) is 27.3 Å². The standard InChI is InChI=1S/C14H11BCl2O5S/c16-12-4-10(5-13(17)14(12)18)23(20,21)7-8-1-2-9-6-22-15(19)11(9)3-8/h1-5,18-19H,6-7H2. The normalized spacial score (nSPS) is 14.1. The van der Waals surface area contributed by atoms with Crippen LogP contribution in [0.1, 0.15) is 11.1 Å². The van der Waals surface area contributed by atoms with E-state index in [2.05, 4.69) is 0 Å². The smallest absolute Gasteiger partial charge is 0.491 e. The Morgan fingerprint density at radius 3 is 2.48 bits per heavy atom. The van der Waals surface area contributed by atoms with Gasteiger partial charge in [0.25, 0.3) is 0 Å². The molecule has 9 heteroatoms. The number of phenolic OH excluding ortho intramolecular Hbond substituents is 1. The molecule has 0 atom stereocenters. The molecule has 0 fully saturated rings. The molecule has 5 nitrogen and oxygen atoms in total. The van der Waals surface area contributed by atoms with Crippen molar-refractivity contribution in [1.82, 2.24) is 0 Å². The van der Waals surface area contributed by atoms with Crippen molar-refractivity contribution in [1.29, 1.82) is 0 Å². The average Bonchev–Trinajstić information content (AvgIpc) is 2.85. The number of hydrogen-bond donors (Lipinski definition) is 2. The summed E-state index contributed by atoms with van der Waals surface area (Å²) in [5, 5.41) is 18.9. The van der Waals surface area contributed by atoms with Gasteiger partial charge in [-0.25, -0.2) is 8.42 Å². The second-order valence-electron chi connectivity index (χ2n) is 5.19. The van der Waals surface area contributed by atoms with Gasteiger partial charge in [0.1, 0.15) is 0 Å². The molecule has 0 radical (unpaired) electrons. The van der Waals surface area contributed by atoms with Gasteiger partial charge in [0.15, 0.2) is 15.6 Å². The predicted molar refractivity (Wildman–Crippen MR) is 87.9 cm³/mol. The highest BCUT2D eigenvalue weighted by molar-refractivity contribution is 7.90. The van der Waals surface area contributed by atoms with Crippen molar-refractivity contribution in [2.75, 3.05) is 0 Å². The van der Waals surface area contributed by atoms with Crippen LogP contribution in [0.3, 0.4) is 0 Å². The minimum Gasteiger partial charge on any atom is -0.505 e. The molecule has 0 unspecified atom stereocenters. The first-order valence-corrected chi connectivity index (χ1v) is 9.01. The van der Waals surface area contributed by atoms with E-state index in [9.17, 15) is 18.5 Å². The Bertz CT molecular complexity index is 862. The molecule has 2 aromatic carbocycles. The highest BCUT2D eigenvalue weighted by atomic mass is 35.5. The van der Waals surface area contributed by atoms with E-state index in [-0.39, 0.29) is 26.4 Å². The highest BCUT2D eigenvalue weighted by Gasteiger charge is 2.28. The van der Waals surface area contributed by atoms with E-state index in [0.29, 0.717) is 17.6 Å². The van der Waals surface area contributed by atoms with Gasteiger partial charge in [-0.1, -0.05) is 41.4 Å². The van der Waals surface area contributed by atoms with Crippen molar-refractivity contribution >= 4 is 45.6 Å². The average molecular weight is 373 g/mol. The third-order valence-corrected chi connectivity index (χ3v) is 5.82. The summed E-state index contributed by atoms with van der Waals surface area (Å²) in [5.41, 5.74) is 1.91. The molecule has 1 aliphatic rings. The highest BCUT2D eigenvalue weighted by Crippen LogP contribution is 2.35. The number of aromatic hydroxyl groups is 1. The zero-order valence-corrected chi connectivity index (χ0v) is 14.0. The zero-order valence-electron chi connectivity index (χ0n) is 11.7. The predicted octanol–water partition coefficient (Wildman–Crippen LogP) is 1.89. The van der Waals surface area contributed by atoms with Crippen molar-refractivity contribution in [2.24, 2.45) is 0 Å². The van der Waals surface area contributed by atoms with E-state index in [1.807, 2.05) is 0 Å². The van der Waals surface area contributed by atoms with E-state index in [1.165, 1.54) is 0 Å². The minimum absolute atomic E-state index is 0.0809. The first kappa shape index (κ1) is 16.6. The second-order valence-corrected chi connectivity index (χ2v) is 8.00. The van der Waals surface area contributed by atoms with Gasteiger partial charge in [-0.3, -0.25) is 0 Å². The van der Waals surface area contributed by atoms with Gasteiger partial charge in [0, 0.05) is 0 Å². The molecule has 2 aromatic rings. The van der Waals surface area contributed by atoms with E-state index in [4.69, 9.17) is 27.9 Å². The number of fused-ring (bicyclic) bond motifs is 1. The lowest BCUT2D eigenvalue weighted by molar-refractivity contribution is 0.275. The number of halogens is 2. The Morgan fingerprint density at radius 1 is 1.17 bits per heavy atom. The monoisotopic (exact) mass is 372 g/mol. The molecule has 3 rings (SSSR count). The summed E-state index contributed by atoms with van der Waals surface area (Å²) >= 11 is 11.6. The minimum atomic E-state index is -3.71. The fraction of sp³-hybridized carbons (Fsp3) is 0.143. The first-order valence-electron chi connectivity index (χ1n) is 6.60. The van der Waals surface area contributed by atoms with Crippen LogP contribution in [0.15, 0.2) is 35.2 Å². The van der Waals surface area contributed by atoms with E-state index in [0.717, 1.165) is 17.7 Å². The van der Waals surface area contributed by atoms with Crippen molar-refractivity contribution in [3.05, 3.63) is 51.5 Å². The van der Waals surface area contributed by atoms with Gasteiger partial charge >= 0.3 is 7.12 Å². The Labute approximate surface area is 143 Å². The second kappa shape index (κ2) is 6.00. The summed E-state index contributed by atoms with van der Waals surface area (Å²) in [6.07, 6.45) is 0. The molecule has 0 aliphatic carbocycles. The molecular formula is C14H11BCl2O5S.